The predicted molar refractivity (Wildman–Crippen MR) is 124 cm³/mol. The van der Waals surface area contributed by atoms with Crippen molar-refractivity contribution in [3.63, 3.8) is 0 Å². The number of hydrogen-bond acceptors (Lipinski definition) is 7. The molecule has 10 heteroatoms. The Kier molecular flexibility index (Phi) is 13.0. The SMILES string of the molecule is CC(C)CC(NC(=O)C1CCCN1)C(=O)O.COC(=O)C(CC(C)C)NC(=O)C1CCCN1. The maximum Gasteiger partial charge on any atom is 0.328 e. The van der Waals surface area contributed by atoms with Crippen molar-refractivity contribution in [1.29, 1.82) is 0 Å². The van der Waals surface area contributed by atoms with Crippen LogP contribution in [0.3, 0.4) is 0 Å². The first-order valence-electron chi connectivity index (χ1n) is 11.9. The Morgan fingerprint density at radius 1 is 0.848 bits per heavy atom. The summed E-state index contributed by atoms with van der Waals surface area (Å²) in [5.74, 6) is -1.04. The summed E-state index contributed by atoms with van der Waals surface area (Å²) in [4.78, 5) is 46.1. The smallest absolute Gasteiger partial charge is 0.328 e. The van der Waals surface area contributed by atoms with Gasteiger partial charge in [0.05, 0.1) is 19.2 Å². The highest BCUT2D eigenvalue weighted by atomic mass is 16.5. The predicted octanol–water partition coefficient (Wildman–Crippen LogP) is 0.796. The molecule has 4 atom stereocenters. The second-order valence-corrected chi connectivity index (χ2v) is 9.54. The summed E-state index contributed by atoms with van der Waals surface area (Å²) < 4.78 is 4.70. The standard InChI is InChI=1S/C12H22N2O3.C11H20N2O3/c1-8(2)7-10(12(16)17-3)14-11(15)9-5-4-6-13-9;1-7(2)6-9(11(15)16)13-10(14)8-4-3-5-12-8/h8-10,13H,4-7H2,1-3H3,(H,14,15);7-9,12H,3-6H2,1-2H3,(H,13,14)(H,15,16). The molecule has 0 aromatic rings. The fourth-order valence-corrected chi connectivity index (χ4v) is 3.88. The summed E-state index contributed by atoms with van der Waals surface area (Å²) in [5.41, 5.74) is 0. The largest absolute Gasteiger partial charge is 0.480 e. The highest BCUT2D eigenvalue weighted by Crippen LogP contribution is 2.10. The quantitative estimate of drug-likeness (QED) is 0.295. The molecule has 5 N–H and O–H groups in total. The van der Waals surface area contributed by atoms with Gasteiger partial charge in [-0.15, -0.1) is 0 Å². The van der Waals surface area contributed by atoms with Crippen molar-refractivity contribution in [3.05, 3.63) is 0 Å². The molecule has 0 aromatic carbocycles. The Morgan fingerprint density at radius 2 is 1.27 bits per heavy atom. The number of nitrogens with one attached hydrogen (secondary N) is 4. The summed E-state index contributed by atoms with van der Waals surface area (Å²) in [6.45, 7) is 9.60. The van der Waals surface area contributed by atoms with Crippen molar-refractivity contribution < 1.29 is 29.0 Å². The maximum absolute atomic E-state index is 11.9. The van der Waals surface area contributed by atoms with Gasteiger partial charge in [-0.1, -0.05) is 27.7 Å². The zero-order valence-electron chi connectivity index (χ0n) is 20.6. The Hall–Kier alpha value is -2.20. The third kappa shape index (κ3) is 11.0. The van der Waals surface area contributed by atoms with Gasteiger partial charge in [0.2, 0.25) is 11.8 Å². The first-order chi connectivity index (χ1) is 15.5. The van der Waals surface area contributed by atoms with Gasteiger partial charge >= 0.3 is 11.9 Å². The van der Waals surface area contributed by atoms with Crippen LogP contribution in [-0.4, -0.2) is 73.2 Å². The van der Waals surface area contributed by atoms with Crippen molar-refractivity contribution >= 4 is 23.8 Å². The van der Waals surface area contributed by atoms with Gasteiger partial charge in [0.15, 0.2) is 0 Å². The number of methoxy groups -OCH3 is 1. The lowest BCUT2D eigenvalue weighted by Crippen LogP contribution is -2.49. The van der Waals surface area contributed by atoms with E-state index in [2.05, 4.69) is 21.3 Å². The van der Waals surface area contributed by atoms with Crippen LogP contribution in [0.15, 0.2) is 0 Å². The van der Waals surface area contributed by atoms with Crippen LogP contribution >= 0.6 is 0 Å². The maximum atomic E-state index is 11.9. The first-order valence-corrected chi connectivity index (χ1v) is 11.9. The van der Waals surface area contributed by atoms with E-state index in [-0.39, 0.29) is 35.8 Å². The fourth-order valence-electron chi connectivity index (χ4n) is 3.88. The zero-order chi connectivity index (χ0) is 25.0. The number of esters is 1. The van der Waals surface area contributed by atoms with Gasteiger partial charge in [0.25, 0.3) is 0 Å². The molecular formula is C23H42N4O6. The minimum absolute atomic E-state index is 0.0986. The van der Waals surface area contributed by atoms with Crippen molar-refractivity contribution in [3.8, 4) is 0 Å². The van der Waals surface area contributed by atoms with Crippen LogP contribution in [0.2, 0.25) is 0 Å². The van der Waals surface area contributed by atoms with Crippen LogP contribution in [0, 0.1) is 11.8 Å². The Bertz CT molecular complexity index is 643. The van der Waals surface area contributed by atoms with Crippen LogP contribution in [0.4, 0.5) is 0 Å². The first kappa shape index (κ1) is 28.8. The lowest BCUT2D eigenvalue weighted by molar-refractivity contribution is -0.145. The summed E-state index contributed by atoms with van der Waals surface area (Å²) in [6.07, 6.45) is 4.67. The zero-order valence-corrected chi connectivity index (χ0v) is 20.6. The molecule has 0 aliphatic carbocycles. The van der Waals surface area contributed by atoms with Gasteiger partial charge < -0.3 is 31.1 Å². The molecule has 0 spiro atoms. The number of carbonyl (C=O) groups excluding carboxylic acids is 3. The van der Waals surface area contributed by atoms with E-state index in [0.29, 0.717) is 18.8 Å². The van der Waals surface area contributed by atoms with E-state index in [0.717, 1.165) is 38.8 Å². The molecule has 10 nitrogen and oxygen atoms in total. The van der Waals surface area contributed by atoms with E-state index in [1.807, 2.05) is 27.7 Å². The van der Waals surface area contributed by atoms with Gasteiger partial charge in [-0.3, -0.25) is 9.59 Å². The van der Waals surface area contributed by atoms with Crippen molar-refractivity contribution in [2.24, 2.45) is 11.8 Å². The minimum atomic E-state index is -0.958. The number of amides is 2. The van der Waals surface area contributed by atoms with Crippen LogP contribution in [0.5, 0.6) is 0 Å². The third-order valence-electron chi connectivity index (χ3n) is 5.58. The molecule has 2 amide bonds. The van der Waals surface area contributed by atoms with E-state index in [1.54, 1.807) is 0 Å². The lowest BCUT2D eigenvalue weighted by Gasteiger charge is -2.20. The van der Waals surface area contributed by atoms with Gasteiger partial charge in [-0.05, 0) is 63.5 Å². The van der Waals surface area contributed by atoms with E-state index in [9.17, 15) is 19.2 Å². The van der Waals surface area contributed by atoms with E-state index in [4.69, 9.17) is 9.84 Å². The molecule has 2 rings (SSSR count). The van der Waals surface area contributed by atoms with E-state index < -0.39 is 18.1 Å². The molecule has 0 bridgehead atoms. The molecule has 190 valence electrons. The molecule has 2 aliphatic heterocycles. The van der Waals surface area contributed by atoms with E-state index in [1.165, 1.54) is 7.11 Å². The summed E-state index contributed by atoms with van der Waals surface area (Å²) in [7, 11) is 1.34. The number of carboxylic acid groups (broad SMARTS) is 1. The molecule has 2 saturated heterocycles. The fraction of sp³-hybridized carbons (Fsp3) is 0.826. The molecular weight excluding hydrogens is 428 g/mol. The number of hydrogen-bond donors (Lipinski definition) is 5. The summed E-state index contributed by atoms with van der Waals surface area (Å²) >= 11 is 0. The highest BCUT2D eigenvalue weighted by molar-refractivity contribution is 5.88. The average Bonchev–Trinajstić information content (AvgIpc) is 3.46. The van der Waals surface area contributed by atoms with Crippen molar-refractivity contribution in [2.45, 2.75) is 90.4 Å². The van der Waals surface area contributed by atoms with Crippen LogP contribution in [0.25, 0.3) is 0 Å². The van der Waals surface area contributed by atoms with Gasteiger partial charge in [0.1, 0.15) is 12.1 Å². The van der Waals surface area contributed by atoms with E-state index >= 15 is 0 Å². The molecule has 2 fully saturated rings. The molecule has 4 unspecified atom stereocenters. The average molecular weight is 471 g/mol. The number of carboxylic acids is 1. The molecule has 2 aliphatic rings. The molecule has 0 aromatic heterocycles. The van der Waals surface area contributed by atoms with Crippen molar-refractivity contribution in [1.82, 2.24) is 21.3 Å². The monoisotopic (exact) mass is 470 g/mol. The third-order valence-corrected chi connectivity index (χ3v) is 5.58. The molecule has 0 radical (unpaired) electrons. The second-order valence-electron chi connectivity index (χ2n) is 9.54. The van der Waals surface area contributed by atoms with Gasteiger partial charge in [0, 0.05) is 0 Å². The topological polar surface area (TPSA) is 146 Å². The molecule has 2 heterocycles. The Balaban J connectivity index is 0.000000331. The van der Waals surface area contributed by atoms with Crippen molar-refractivity contribution in [2.75, 3.05) is 20.2 Å². The number of carbonyl (C=O) groups is 4. The van der Waals surface area contributed by atoms with Gasteiger partial charge in [-0.2, -0.15) is 0 Å². The van der Waals surface area contributed by atoms with Crippen LogP contribution in [-0.2, 0) is 23.9 Å². The molecule has 33 heavy (non-hydrogen) atoms. The number of ether oxygens (including phenoxy) is 1. The lowest BCUT2D eigenvalue weighted by atomic mass is 10.0. The van der Waals surface area contributed by atoms with Gasteiger partial charge in [-0.25, -0.2) is 9.59 Å². The highest BCUT2D eigenvalue weighted by Gasteiger charge is 2.29. The number of rotatable bonds is 10. The summed E-state index contributed by atoms with van der Waals surface area (Å²) in [5, 5.41) is 20.5. The van der Waals surface area contributed by atoms with Crippen LogP contribution in [0.1, 0.15) is 66.2 Å². The van der Waals surface area contributed by atoms with Crippen LogP contribution < -0.4 is 21.3 Å². The molecule has 0 saturated carbocycles. The Labute approximate surface area is 197 Å². The minimum Gasteiger partial charge on any atom is -0.480 e. The second kappa shape index (κ2) is 14.8. The Morgan fingerprint density at radius 3 is 1.61 bits per heavy atom. The normalized spacial score (nSPS) is 21.7. The summed E-state index contributed by atoms with van der Waals surface area (Å²) in [6, 6.07) is -1.67. The number of aliphatic carboxylic acids is 1.